The summed E-state index contributed by atoms with van der Waals surface area (Å²) in [6.45, 7) is 5.82. The van der Waals surface area contributed by atoms with Crippen molar-refractivity contribution in [2.75, 3.05) is 26.0 Å². The average Bonchev–Trinajstić information content (AvgIpc) is 2.43. The van der Waals surface area contributed by atoms with Crippen LogP contribution in [0.25, 0.3) is 0 Å². The van der Waals surface area contributed by atoms with Crippen molar-refractivity contribution >= 4 is 17.5 Å². The molecule has 0 radical (unpaired) electrons. The van der Waals surface area contributed by atoms with Gasteiger partial charge in [-0.2, -0.15) is 0 Å². The Morgan fingerprint density at radius 2 is 1.85 bits per heavy atom. The van der Waals surface area contributed by atoms with Crippen LogP contribution in [0, 0.1) is 12.3 Å². The van der Waals surface area contributed by atoms with E-state index in [1.54, 1.807) is 27.0 Å². The molecule has 1 rings (SSSR count). The number of carbonyl (C=O) groups excluding carboxylic acids is 2. The van der Waals surface area contributed by atoms with Crippen LogP contribution < -0.4 is 16.0 Å². The predicted molar refractivity (Wildman–Crippen MR) is 80.9 cm³/mol. The van der Waals surface area contributed by atoms with Crippen LogP contribution >= 0.6 is 0 Å². The van der Waals surface area contributed by atoms with Gasteiger partial charge in [-0.25, -0.2) is 0 Å². The molecule has 0 aliphatic heterocycles. The summed E-state index contributed by atoms with van der Waals surface area (Å²) in [7, 11) is 3.43. The van der Waals surface area contributed by atoms with E-state index in [-0.39, 0.29) is 11.8 Å². The first-order valence-electron chi connectivity index (χ1n) is 6.60. The average molecular weight is 277 g/mol. The van der Waals surface area contributed by atoms with Gasteiger partial charge < -0.3 is 16.0 Å². The van der Waals surface area contributed by atoms with E-state index in [1.165, 1.54) is 0 Å². The first-order valence-corrected chi connectivity index (χ1v) is 6.60. The van der Waals surface area contributed by atoms with Crippen LogP contribution in [-0.4, -0.2) is 32.5 Å². The minimum atomic E-state index is -0.635. The Labute approximate surface area is 120 Å². The van der Waals surface area contributed by atoms with Crippen molar-refractivity contribution in [3.05, 3.63) is 29.3 Å². The highest BCUT2D eigenvalue weighted by molar-refractivity contribution is 5.95. The zero-order chi connectivity index (χ0) is 15.3. The van der Waals surface area contributed by atoms with Gasteiger partial charge in [0.05, 0.1) is 5.41 Å². The first-order chi connectivity index (χ1) is 9.31. The van der Waals surface area contributed by atoms with Crippen LogP contribution in [0.3, 0.4) is 0 Å². The number of aryl methyl sites for hydroxylation is 1. The van der Waals surface area contributed by atoms with Gasteiger partial charge in [-0.15, -0.1) is 0 Å². The molecule has 110 valence electrons. The fraction of sp³-hybridized carbons (Fsp3) is 0.467. The van der Waals surface area contributed by atoms with Gasteiger partial charge in [0.1, 0.15) is 0 Å². The van der Waals surface area contributed by atoms with Crippen LogP contribution in [0.15, 0.2) is 18.2 Å². The molecule has 3 N–H and O–H groups in total. The Morgan fingerprint density at radius 1 is 1.20 bits per heavy atom. The molecule has 1 aromatic rings. The van der Waals surface area contributed by atoms with Crippen LogP contribution in [0.5, 0.6) is 0 Å². The molecular formula is C15H23N3O2. The van der Waals surface area contributed by atoms with E-state index in [0.717, 1.165) is 11.3 Å². The van der Waals surface area contributed by atoms with Gasteiger partial charge in [-0.3, -0.25) is 9.59 Å². The van der Waals surface area contributed by atoms with Gasteiger partial charge in [-0.05, 0) is 44.5 Å². The van der Waals surface area contributed by atoms with Gasteiger partial charge in [0.15, 0.2) is 0 Å². The second-order valence-electron chi connectivity index (χ2n) is 5.43. The van der Waals surface area contributed by atoms with Crippen molar-refractivity contribution in [1.29, 1.82) is 0 Å². The number of nitrogens with one attached hydrogen (secondary N) is 3. The fourth-order valence-electron chi connectivity index (χ4n) is 1.91. The molecule has 0 aromatic heterocycles. The molecule has 0 aliphatic carbocycles. The van der Waals surface area contributed by atoms with Crippen LogP contribution in [0.2, 0.25) is 0 Å². The number of rotatable bonds is 5. The third-order valence-corrected chi connectivity index (χ3v) is 3.29. The Hall–Kier alpha value is -2.04. The van der Waals surface area contributed by atoms with Gasteiger partial charge in [0.2, 0.25) is 5.91 Å². The molecule has 2 amide bonds. The summed E-state index contributed by atoms with van der Waals surface area (Å²) in [6.07, 6.45) is 0. The molecule has 0 saturated carbocycles. The maximum Gasteiger partial charge on any atom is 0.251 e. The summed E-state index contributed by atoms with van der Waals surface area (Å²) in [5, 5.41) is 8.45. The van der Waals surface area contributed by atoms with Crippen LogP contribution in [0.4, 0.5) is 5.69 Å². The molecule has 5 heteroatoms. The number of benzene rings is 1. The molecular weight excluding hydrogens is 254 g/mol. The lowest BCUT2D eigenvalue weighted by molar-refractivity contribution is -0.128. The van der Waals surface area contributed by atoms with E-state index in [1.807, 2.05) is 26.1 Å². The van der Waals surface area contributed by atoms with Crippen molar-refractivity contribution in [3.8, 4) is 0 Å². The van der Waals surface area contributed by atoms with E-state index < -0.39 is 5.41 Å². The summed E-state index contributed by atoms with van der Waals surface area (Å²) < 4.78 is 0. The topological polar surface area (TPSA) is 70.2 Å². The Morgan fingerprint density at radius 3 is 2.35 bits per heavy atom. The normalized spacial score (nSPS) is 10.8. The summed E-state index contributed by atoms with van der Waals surface area (Å²) >= 11 is 0. The van der Waals surface area contributed by atoms with E-state index in [9.17, 15) is 9.59 Å². The van der Waals surface area contributed by atoms with E-state index in [0.29, 0.717) is 12.1 Å². The fourth-order valence-corrected chi connectivity index (χ4v) is 1.91. The predicted octanol–water partition coefficient (Wildman–Crippen LogP) is 1.54. The summed E-state index contributed by atoms with van der Waals surface area (Å²) in [5.74, 6) is -0.271. The molecule has 1 aromatic carbocycles. The maximum atomic E-state index is 12.1. The summed E-state index contributed by atoms with van der Waals surface area (Å²) in [5.41, 5.74) is 1.96. The molecule has 0 bridgehead atoms. The van der Waals surface area contributed by atoms with Gasteiger partial charge in [-0.1, -0.05) is 0 Å². The first kappa shape index (κ1) is 16.0. The second-order valence-corrected chi connectivity index (χ2v) is 5.43. The van der Waals surface area contributed by atoms with Crippen molar-refractivity contribution in [1.82, 2.24) is 10.6 Å². The lowest BCUT2D eigenvalue weighted by Gasteiger charge is -2.22. The highest BCUT2D eigenvalue weighted by atomic mass is 16.2. The van der Waals surface area contributed by atoms with Crippen LogP contribution in [0.1, 0.15) is 29.8 Å². The minimum absolute atomic E-state index is 0.0977. The molecule has 0 heterocycles. The third kappa shape index (κ3) is 3.73. The van der Waals surface area contributed by atoms with Crippen molar-refractivity contribution in [2.24, 2.45) is 5.41 Å². The molecule has 0 fully saturated rings. The Balaban J connectivity index is 2.73. The Kier molecular flexibility index (Phi) is 5.13. The number of anilines is 1. The van der Waals surface area contributed by atoms with E-state index in [4.69, 9.17) is 0 Å². The van der Waals surface area contributed by atoms with Gasteiger partial charge in [0.25, 0.3) is 5.91 Å². The molecule has 5 nitrogen and oxygen atoms in total. The summed E-state index contributed by atoms with van der Waals surface area (Å²) in [4.78, 5) is 23.7. The molecule has 0 spiro atoms. The van der Waals surface area contributed by atoms with Gasteiger partial charge >= 0.3 is 0 Å². The standard InChI is InChI=1S/C15H23N3O2/c1-10-8-11(6-7-12(10)16-4)13(19)18-9-15(2,3)14(20)17-5/h6-8,16H,9H2,1-5H3,(H,17,20)(H,18,19). The number of amides is 2. The van der Waals surface area contributed by atoms with Crippen molar-refractivity contribution in [3.63, 3.8) is 0 Å². The SMILES string of the molecule is CNC(=O)C(C)(C)CNC(=O)c1ccc(NC)c(C)c1. The monoisotopic (exact) mass is 277 g/mol. The summed E-state index contributed by atoms with van der Waals surface area (Å²) in [6, 6.07) is 5.46. The molecule has 0 unspecified atom stereocenters. The second kappa shape index (κ2) is 6.41. The molecule has 20 heavy (non-hydrogen) atoms. The lowest BCUT2D eigenvalue weighted by Crippen LogP contribution is -2.43. The number of hydrogen-bond acceptors (Lipinski definition) is 3. The lowest BCUT2D eigenvalue weighted by atomic mass is 9.92. The van der Waals surface area contributed by atoms with Crippen molar-refractivity contribution in [2.45, 2.75) is 20.8 Å². The third-order valence-electron chi connectivity index (χ3n) is 3.29. The zero-order valence-corrected chi connectivity index (χ0v) is 12.8. The smallest absolute Gasteiger partial charge is 0.251 e. The number of carbonyl (C=O) groups is 2. The molecule has 0 aliphatic rings. The Bertz CT molecular complexity index is 510. The van der Waals surface area contributed by atoms with Gasteiger partial charge in [0, 0.05) is 31.9 Å². The molecule has 0 atom stereocenters. The largest absolute Gasteiger partial charge is 0.388 e. The highest BCUT2D eigenvalue weighted by Crippen LogP contribution is 2.17. The van der Waals surface area contributed by atoms with Crippen LogP contribution in [-0.2, 0) is 4.79 Å². The minimum Gasteiger partial charge on any atom is -0.388 e. The van der Waals surface area contributed by atoms with Crippen molar-refractivity contribution < 1.29 is 9.59 Å². The molecule has 0 saturated heterocycles. The highest BCUT2D eigenvalue weighted by Gasteiger charge is 2.27. The van der Waals surface area contributed by atoms with E-state index in [2.05, 4.69) is 16.0 Å². The van der Waals surface area contributed by atoms with E-state index >= 15 is 0 Å². The zero-order valence-electron chi connectivity index (χ0n) is 12.8. The number of hydrogen-bond donors (Lipinski definition) is 3. The quantitative estimate of drug-likeness (QED) is 0.764. The maximum absolute atomic E-state index is 12.1.